The quantitative estimate of drug-likeness (QED) is 0.769. The van der Waals surface area contributed by atoms with Gasteiger partial charge >= 0.3 is 0 Å². The van der Waals surface area contributed by atoms with E-state index in [1.54, 1.807) is 11.3 Å². The van der Waals surface area contributed by atoms with Crippen molar-refractivity contribution in [3.63, 3.8) is 0 Å². The summed E-state index contributed by atoms with van der Waals surface area (Å²) >= 11 is 1.55. The molecule has 5 nitrogen and oxygen atoms in total. The maximum Gasteiger partial charge on any atom is 0.228 e. The average Bonchev–Trinajstić information content (AvgIpc) is 3.09. The second-order valence-corrected chi connectivity index (χ2v) is 7.19. The van der Waals surface area contributed by atoms with Gasteiger partial charge in [-0.15, -0.1) is 11.3 Å². The number of benzene rings is 1. The fourth-order valence-corrected chi connectivity index (χ4v) is 3.54. The number of thiazole rings is 1. The molecule has 0 unspecified atom stereocenters. The van der Waals surface area contributed by atoms with Gasteiger partial charge < -0.3 is 5.32 Å². The lowest BCUT2D eigenvalue weighted by molar-refractivity contribution is -0.115. The number of carbonyl (C=O) groups excluding carboxylic acids is 1. The van der Waals surface area contributed by atoms with Crippen LogP contribution in [-0.4, -0.2) is 20.7 Å². The molecule has 0 aliphatic carbocycles. The number of nitrogens with one attached hydrogen (secondary N) is 1. The first kappa shape index (κ1) is 17.4. The Labute approximate surface area is 151 Å². The third-order valence-corrected chi connectivity index (χ3v) is 5.29. The zero-order chi connectivity index (χ0) is 18.1. The lowest BCUT2D eigenvalue weighted by Gasteiger charge is -2.08. The first-order valence-electron chi connectivity index (χ1n) is 8.20. The molecular weight excluding hydrogens is 332 g/mol. The highest BCUT2D eigenvalue weighted by atomic mass is 32.1. The number of aromatic nitrogens is 3. The van der Waals surface area contributed by atoms with Crippen molar-refractivity contribution < 1.29 is 4.79 Å². The van der Waals surface area contributed by atoms with Crippen molar-refractivity contribution in [1.29, 1.82) is 0 Å². The van der Waals surface area contributed by atoms with E-state index in [2.05, 4.69) is 22.3 Å². The molecule has 1 N–H and O–H groups in total. The molecule has 2 aromatic heterocycles. The molecule has 2 heterocycles. The summed E-state index contributed by atoms with van der Waals surface area (Å²) in [7, 11) is 0. The summed E-state index contributed by atoms with van der Waals surface area (Å²) in [5.41, 5.74) is 6.95. The molecule has 0 fully saturated rings. The van der Waals surface area contributed by atoms with Crippen molar-refractivity contribution in [2.24, 2.45) is 0 Å². The van der Waals surface area contributed by atoms with Crippen LogP contribution in [0.3, 0.4) is 0 Å². The van der Waals surface area contributed by atoms with Gasteiger partial charge in [-0.3, -0.25) is 4.79 Å². The van der Waals surface area contributed by atoms with Gasteiger partial charge in [0.2, 0.25) is 11.0 Å². The number of hydrogen-bond acceptors (Lipinski definition) is 4. The Morgan fingerprint density at radius 3 is 2.56 bits per heavy atom. The van der Waals surface area contributed by atoms with E-state index >= 15 is 0 Å². The van der Waals surface area contributed by atoms with Crippen LogP contribution in [-0.2, 0) is 11.2 Å². The number of nitrogens with zero attached hydrogens (tertiary/aromatic N) is 3. The summed E-state index contributed by atoms with van der Waals surface area (Å²) in [5, 5.41) is 10.4. The van der Waals surface area contributed by atoms with Crippen LogP contribution in [0.1, 0.15) is 33.8 Å². The summed E-state index contributed by atoms with van der Waals surface area (Å²) < 4.78 is 1.83. The standard InChI is InChI=1S/C19H22N4OS/c1-11-6-7-16(8-12(11)2)21-18(24)9-17-14(4)22-23(15(17)5)19-20-13(3)10-25-19/h6-8,10H,9H2,1-5H3,(H,21,24). The molecular formula is C19H22N4OS. The Hall–Kier alpha value is -2.47. The summed E-state index contributed by atoms with van der Waals surface area (Å²) in [5.74, 6) is -0.0377. The minimum Gasteiger partial charge on any atom is -0.326 e. The average molecular weight is 354 g/mol. The van der Waals surface area contributed by atoms with E-state index in [4.69, 9.17) is 0 Å². The van der Waals surface area contributed by atoms with Crippen LogP contribution < -0.4 is 5.32 Å². The molecule has 1 amide bonds. The number of aryl methyl sites for hydroxylation is 4. The Bertz CT molecular complexity index is 939. The van der Waals surface area contributed by atoms with E-state index in [9.17, 15) is 4.79 Å². The molecule has 0 radical (unpaired) electrons. The predicted octanol–water partition coefficient (Wildman–Crippen LogP) is 4.05. The van der Waals surface area contributed by atoms with E-state index in [0.717, 1.165) is 39.0 Å². The molecule has 0 aliphatic heterocycles. The first-order chi connectivity index (χ1) is 11.8. The zero-order valence-electron chi connectivity index (χ0n) is 15.2. The maximum absolute atomic E-state index is 12.5. The fourth-order valence-electron chi connectivity index (χ4n) is 2.74. The highest BCUT2D eigenvalue weighted by molar-refractivity contribution is 7.12. The maximum atomic E-state index is 12.5. The van der Waals surface area contributed by atoms with Crippen molar-refractivity contribution >= 4 is 22.9 Å². The van der Waals surface area contributed by atoms with Gasteiger partial charge in [0, 0.05) is 22.3 Å². The lowest BCUT2D eigenvalue weighted by Crippen LogP contribution is -2.15. The molecule has 6 heteroatoms. The second-order valence-electron chi connectivity index (χ2n) is 6.36. The first-order valence-corrected chi connectivity index (χ1v) is 9.08. The Morgan fingerprint density at radius 1 is 1.16 bits per heavy atom. The molecule has 0 spiro atoms. The van der Waals surface area contributed by atoms with Crippen LogP contribution >= 0.6 is 11.3 Å². The highest BCUT2D eigenvalue weighted by Gasteiger charge is 2.17. The lowest BCUT2D eigenvalue weighted by atomic mass is 10.1. The number of amides is 1. The van der Waals surface area contributed by atoms with E-state index in [0.29, 0.717) is 6.42 Å². The second kappa shape index (κ2) is 6.80. The largest absolute Gasteiger partial charge is 0.326 e. The molecule has 130 valence electrons. The molecule has 1 aromatic carbocycles. The summed E-state index contributed by atoms with van der Waals surface area (Å²) in [6, 6.07) is 5.95. The van der Waals surface area contributed by atoms with Crippen LogP contribution in [0.2, 0.25) is 0 Å². The van der Waals surface area contributed by atoms with E-state index in [1.807, 2.05) is 56.0 Å². The van der Waals surface area contributed by atoms with E-state index < -0.39 is 0 Å². The van der Waals surface area contributed by atoms with Crippen molar-refractivity contribution in [2.45, 2.75) is 41.0 Å². The smallest absolute Gasteiger partial charge is 0.228 e. The fraction of sp³-hybridized carbons (Fsp3) is 0.316. The Morgan fingerprint density at radius 2 is 1.92 bits per heavy atom. The van der Waals surface area contributed by atoms with Crippen molar-refractivity contribution in [2.75, 3.05) is 5.32 Å². The number of hydrogen-bond donors (Lipinski definition) is 1. The monoisotopic (exact) mass is 354 g/mol. The van der Waals surface area contributed by atoms with Gasteiger partial charge in [-0.2, -0.15) is 5.10 Å². The number of anilines is 1. The minimum atomic E-state index is -0.0377. The molecule has 0 atom stereocenters. The van der Waals surface area contributed by atoms with Crippen LogP contribution in [0.15, 0.2) is 23.6 Å². The zero-order valence-corrected chi connectivity index (χ0v) is 16.0. The van der Waals surface area contributed by atoms with Gasteiger partial charge in [-0.05, 0) is 57.9 Å². The molecule has 0 aliphatic rings. The van der Waals surface area contributed by atoms with Gasteiger partial charge in [-0.25, -0.2) is 9.67 Å². The van der Waals surface area contributed by atoms with Gasteiger partial charge in [-0.1, -0.05) is 6.07 Å². The van der Waals surface area contributed by atoms with Gasteiger partial charge in [0.25, 0.3) is 0 Å². The topological polar surface area (TPSA) is 59.8 Å². The molecule has 25 heavy (non-hydrogen) atoms. The Balaban J connectivity index is 1.79. The van der Waals surface area contributed by atoms with Crippen LogP contribution in [0.5, 0.6) is 0 Å². The normalized spacial score (nSPS) is 10.9. The third kappa shape index (κ3) is 3.64. The summed E-state index contributed by atoms with van der Waals surface area (Å²) in [4.78, 5) is 17.0. The van der Waals surface area contributed by atoms with Gasteiger partial charge in [0.05, 0.1) is 17.8 Å². The van der Waals surface area contributed by atoms with Crippen LogP contribution in [0.4, 0.5) is 5.69 Å². The van der Waals surface area contributed by atoms with E-state index in [1.165, 1.54) is 5.56 Å². The number of rotatable bonds is 4. The summed E-state index contributed by atoms with van der Waals surface area (Å²) in [6.07, 6.45) is 0.301. The van der Waals surface area contributed by atoms with Crippen LogP contribution in [0.25, 0.3) is 5.13 Å². The molecule has 0 saturated carbocycles. The minimum absolute atomic E-state index is 0.0377. The van der Waals surface area contributed by atoms with Crippen molar-refractivity contribution in [3.8, 4) is 5.13 Å². The van der Waals surface area contributed by atoms with E-state index in [-0.39, 0.29) is 5.91 Å². The SMILES string of the molecule is Cc1csc(-n2nc(C)c(CC(=O)Nc3ccc(C)c(C)c3)c2C)n1. The number of carbonyl (C=O) groups is 1. The summed E-state index contributed by atoms with van der Waals surface area (Å²) in [6.45, 7) is 9.98. The predicted molar refractivity (Wildman–Crippen MR) is 102 cm³/mol. The van der Waals surface area contributed by atoms with Gasteiger partial charge in [0.1, 0.15) is 0 Å². The van der Waals surface area contributed by atoms with Crippen molar-refractivity contribution in [1.82, 2.24) is 14.8 Å². The Kier molecular flexibility index (Phi) is 4.72. The molecule has 0 bridgehead atoms. The van der Waals surface area contributed by atoms with Crippen LogP contribution in [0, 0.1) is 34.6 Å². The molecule has 3 rings (SSSR count). The molecule has 0 saturated heterocycles. The third-order valence-electron chi connectivity index (χ3n) is 4.36. The van der Waals surface area contributed by atoms with Gasteiger partial charge in [0.15, 0.2) is 0 Å². The molecule has 3 aromatic rings. The van der Waals surface area contributed by atoms with Crippen molar-refractivity contribution in [3.05, 3.63) is 57.4 Å². The highest BCUT2D eigenvalue weighted by Crippen LogP contribution is 2.22.